The number of rotatable bonds is 4. The molecule has 0 spiro atoms. The Hall–Kier alpha value is -0.350. The van der Waals surface area contributed by atoms with Crippen LogP contribution in [0.1, 0.15) is 33.1 Å². The molecule has 0 aromatic heterocycles. The smallest absolute Gasteiger partial charge is 0.200 e. The lowest BCUT2D eigenvalue weighted by Crippen LogP contribution is -2.56. The second-order valence-corrected chi connectivity index (χ2v) is 6.39. The van der Waals surface area contributed by atoms with Crippen LogP contribution in [0.25, 0.3) is 0 Å². The van der Waals surface area contributed by atoms with E-state index in [2.05, 4.69) is 15.9 Å². The Labute approximate surface area is 125 Å². The number of alkyl halides is 1. The van der Waals surface area contributed by atoms with Crippen LogP contribution in [0.5, 0.6) is 5.75 Å². The molecule has 19 heavy (non-hydrogen) atoms. The van der Waals surface area contributed by atoms with Crippen LogP contribution in [0.2, 0.25) is 0 Å². The summed E-state index contributed by atoms with van der Waals surface area (Å²) in [6, 6.07) is 2.54. The zero-order valence-electron chi connectivity index (χ0n) is 10.9. The van der Waals surface area contributed by atoms with E-state index in [4.69, 9.17) is 16.3 Å². The van der Waals surface area contributed by atoms with E-state index in [-0.39, 0.29) is 22.6 Å². The number of benzene rings is 1. The number of hydrogen-bond acceptors (Lipinski definition) is 1. The number of ether oxygens (including phenoxy) is 1. The van der Waals surface area contributed by atoms with Crippen molar-refractivity contribution in [1.29, 1.82) is 0 Å². The van der Waals surface area contributed by atoms with Crippen LogP contribution < -0.4 is 4.74 Å². The van der Waals surface area contributed by atoms with E-state index in [1.165, 1.54) is 6.07 Å². The quantitative estimate of drug-likeness (QED) is 0.528. The molecule has 2 unspecified atom stereocenters. The van der Waals surface area contributed by atoms with Crippen molar-refractivity contribution in [3.05, 3.63) is 28.2 Å². The summed E-state index contributed by atoms with van der Waals surface area (Å²) < 4.78 is 33.2. The molecule has 0 radical (unpaired) electrons. The maximum Gasteiger partial charge on any atom is 0.200 e. The van der Waals surface area contributed by atoms with Gasteiger partial charge >= 0.3 is 0 Å². The number of hydrogen-bond donors (Lipinski definition) is 0. The Morgan fingerprint density at radius 1 is 1.37 bits per heavy atom. The molecule has 0 saturated heterocycles. The summed E-state index contributed by atoms with van der Waals surface area (Å²) in [5, 5.41) is 0.0348. The highest BCUT2D eigenvalue weighted by Gasteiger charge is 2.53. The fourth-order valence-electron chi connectivity index (χ4n) is 2.78. The molecule has 1 aliphatic carbocycles. The van der Waals surface area contributed by atoms with Gasteiger partial charge in [-0.15, -0.1) is 11.6 Å². The molecule has 0 N–H and O–H groups in total. The highest BCUT2D eigenvalue weighted by atomic mass is 79.9. The normalized spacial score (nSPS) is 24.9. The van der Waals surface area contributed by atoms with Crippen molar-refractivity contribution in [3.8, 4) is 5.75 Å². The second kappa shape index (κ2) is 5.57. The molecule has 1 nitrogen and oxygen atoms in total. The molecule has 1 aliphatic rings. The Morgan fingerprint density at radius 3 is 2.53 bits per heavy atom. The predicted octanol–water partition coefficient (Wildman–Crippen LogP) is 5.29. The van der Waals surface area contributed by atoms with E-state index < -0.39 is 11.6 Å². The van der Waals surface area contributed by atoms with Gasteiger partial charge in [-0.05, 0) is 25.0 Å². The predicted molar refractivity (Wildman–Crippen MR) is 75.7 cm³/mol. The monoisotopic (exact) mass is 352 g/mol. The lowest BCUT2D eigenvalue weighted by Gasteiger charge is -2.52. The van der Waals surface area contributed by atoms with Crippen LogP contribution in [0.15, 0.2) is 16.6 Å². The van der Waals surface area contributed by atoms with Crippen LogP contribution in [-0.4, -0.2) is 11.5 Å². The van der Waals surface area contributed by atoms with Crippen molar-refractivity contribution in [2.24, 2.45) is 5.41 Å². The first-order valence-electron chi connectivity index (χ1n) is 6.39. The molecule has 1 aromatic rings. The van der Waals surface area contributed by atoms with Crippen LogP contribution in [-0.2, 0) is 0 Å². The topological polar surface area (TPSA) is 9.23 Å². The summed E-state index contributed by atoms with van der Waals surface area (Å²) in [7, 11) is 0. The third-order valence-corrected chi connectivity index (χ3v) is 5.30. The molecule has 0 heterocycles. The van der Waals surface area contributed by atoms with Gasteiger partial charge in [0.25, 0.3) is 0 Å². The van der Waals surface area contributed by atoms with Gasteiger partial charge in [0.2, 0.25) is 5.82 Å². The zero-order valence-corrected chi connectivity index (χ0v) is 13.2. The van der Waals surface area contributed by atoms with Gasteiger partial charge in [-0.1, -0.05) is 29.8 Å². The maximum absolute atomic E-state index is 13.7. The first-order valence-corrected chi connectivity index (χ1v) is 7.62. The number of halogens is 4. The summed E-state index contributed by atoms with van der Waals surface area (Å²) in [6.07, 6.45) is 2.23. The van der Waals surface area contributed by atoms with Gasteiger partial charge in [-0.2, -0.15) is 4.39 Å². The molecule has 0 amide bonds. The third kappa shape index (κ3) is 2.49. The molecule has 2 rings (SSSR count). The van der Waals surface area contributed by atoms with Gasteiger partial charge in [-0.3, -0.25) is 0 Å². The van der Waals surface area contributed by atoms with Crippen LogP contribution in [0, 0.1) is 17.0 Å². The largest absolute Gasteiger partial charge is 0.487 e. The van der Waals surface area contributed by atoms with Crippen molar-refractivity contribution in [2.75, 3.05) is 0 Å². The van der Waals surface area contributed by atoms with E-state index in [1.54, 1.807) is 0 Å². The molecule has 1 aromatic carbocycles. The molecule has 1 saturated carbocycles. The lowest BCUT2D eigenvalue weighted by molar-refractivity contribution is -0.0483. The maximum atomic E-state index is 13.7. The first-order chi connectivity index (χ1) is 8.94. The average Bonchev–Trinajstić information content (AvgIpc) is 2.36. The molecule has 1 fully saturated rings. The van der Waals surface area contributed by atoms with Gasteiger partial charge in [0.05, 0.1) is 0 Å². The molecule has 5 heteroatoms. The lowest BCUT2D eigenvalue weighted by atomic mass is 9.62. The third-order valence-electron chi connectivity index (χ3n) is 4.23. The molecular weight excluding hydrogens is 338 g/mol. The minimum Gasteiger partial charge on any atom is -0.487 e. The second-order valence-electron chi connectivity index (χ2n) is 4.95. The summed E-state index contributed by atoms with van der Waals surface area (Å²) in [5.74, 6) is -1.90. The summed E-state index contributed by atoms with van der Waals surface area (Å²) in [6.45, 7) is 4.10. The van der Waals surface area contributed by atoms with Crippen molar-refractivity contribution in [1.82, 2.24) is 0 Å². The highest BCUT2D eigenvalue weighted by Crippen LogP contribution is 2.52. The van der Waals surface area contributed by atoms with Gasteiger partial charge < -0.3 is 4.74 Å². The average molecular weight is 354 g/mol. The minimum absolute atomic E-state index is 0.0348. The Kier molecular flexibility index (Phi) is 4.41. The summed E-state index contributed by atoms with van der Waals surface area (Å²) in [4.78, 5) is 0. The minimum atomic E-state index is -0.942. The van der Waals surface area contributed by atoms with E-state index in [0.29, 0.717) is 10.9 Å². The van der Waals surface area contributed by atoms with Gasteiger partial charge in [0.1, 0.15) is 6.10 Å². The van der Waals surface area contributed by atoms with E-state index >= 15 is 0 Å². The van der Waals surface area contributed by atoms with Crippen molar-refractivity contribution >= 4 is 27.5 Å². The summed E-state index contributed by atoms with van der Waals surface area (Å²) >= 11 is 9.42. The Bertz CT molecular complexity index is 477. The molecule has 0 bridgehead atoms. The van der Waals surface area contributed by atoms with E-state index in [9.17, 15) is 8.78 Å². The fourth-order valence-corrected chi connectivity index (χ4v) is 3.80. The standard InChI is InChI=1S/C14H16BrClF2O/c1-3-14(4-2)11(16)7-12(14)19-10-6-8(15)5-9(17)13(10)18/h5-6,11-12H,3-4,7H2,1-2H3. The van der Waals surface area contributed by atoms with Crippen LogP contribution >= 0.6 is 27.5 Å². The SMILES string of the molecule is CCC1(CC)C(Cl)CC1Oc1cc(Br)cc(F)c1F. The summed E-state index contributed by atoms with van der Waals surface area (Å²) in [5.41, 5.74) is -0.146. The Morgan fingerprint density at radius 2 is 2.00 bits per heavy atom. The molecule has 0 aliphatic heterocycles. The van der Waals surface area contributed by atoms with Gasteiger partial charge in [0.15, 0.2) is 11.6 Å². The first kappa shape index (κ1) is 15.0. The molecule has 106 valence electrons. The Balaban J connectivity index is 2.23. The van der Waals surface area contributed by atoms with E-state index in [1.807, 2.05) is 13.8 Å². The van der Waals surface area contributed by atoms with E-state index in [0.717, 1.165) is 18.9 Å². The highest BCUT2D eigenvalue weighted by molar-refractivity contribution is 9.10. The van der Waals surface area contributed by atoms with Gasteiger partial charge in [0, 0.05) is 21.7 Å². The van der Waals surface area contributed by atoms with Crippen molar-refractivity contribution in [3.63, 3.8) is 0 Å². The van der Waals surface area contributed by atoms with Crippen LogP contribution in [0.3, 0.4) is 0 Å². The van der Waals surface area contributed by atoms with Gasteiger partial charge in [-0.25, -0.2) is 4.39 Å². The fraction of sp³-hybridized carbons (Fsp3) is 0.571. The molecule has 2 atom stereocenters. The zero-order chi connectivity index (χ0) is 14.2. The molecular formula is C14H16BrClF2O. The van der Waals surface area contributed by atoms with Crippen molar-refractivity contribution < 1.29 is 13.5 Å². The van der Waals surface area contributed by atoms with Crippen molar-refractivity contribution in [2.45, 2.75) is 44.6 Å². The van der Waals surface area contributed by atoms with Crippen LogP contribution in [0.4, 0.5) is 8.78 Å².